The third-order valence-corrected chi connectivity index (χ3v) is 4.73. The first-order valence-corrected chi connectivity index (χ1v) is 7.29. The maximum Gasteiger partial charge on any atom is 0.292 e. The predicted octanol–water partition coefficient (Wildman–Crippen LogP) is 2.82. The molecule has 1 aromatic rings. The molecule has 1 fully saturated rings. The molecule has 104 valence electrons. The molecule has 1 aromatic carbocycles. The smallest absolute Gasteiger partial charge is 0.292 e. The van der Waals surface area contributed by atoms with Crippen LogP contribution in [0.4, 0.5) is 11.4 Å². The van der Waals surface area contributed by atoms with E-state index in [1.165, 1.54) is 12.8 Å². The molecule has 0 atom stereocenters. The molecule has 1 heterocycles. The van der Waals surface area contributed by atoms with Crippen LogP contribution in [0.15, 0.2) is 23.1 Å². The van der Waals surface area contributed by atoms with Gasteiger partial charge in [-0.3, -0.25) is 10.1 Å². The Kier molecular flexibility index (Phi) is 4.66. The minimum Gasteiger partial charge on any atom is -0.383 e. The Balaban J connectivity index is 2.07. The topological polar surface area (TPSA) is 58.4 Å². The molecular formula is C13H19N3O2S. The Labute approximate surface area is 117 Å². The monoisotopic (exact) mass is 281 g/mol. The van der Waals surface area contributed by atoms with Gasteiger partial charge in [0.1, 0.15) is 5.69 Å². The highest BCUT2D eigenvalue weighted by Gasteiger charge is 2.19. The molecule has 0 amide bonds. The molecule has 1 aliphatic rings. The lowest BCUT2D eigenvalue weighted by Crippen LogP contribution is -2.31. The SMILES string of the molecule is CNc1cc(SC2CCN(C)CC2)ccc1[N+](=O)[O-]. The Morgan fingerprint density at radius 3 is 2.68 bits per heavy atom. The van der Waals surface area contributed by atoms with Gasteiger partial charge < -0.3 is 10.2 Å². The van der Waals surface area contributed by atoms with Crippen molar-refractivity contribution in [2.75, 3.05) is 32.5 Å². The molecule has 5 nitrogen and oxygen atoms in total. The van der Waals surface area contributed by atoms with Crippen molar-refractivity contribution in [1.29, 1.82) is 0 Å². The molecule has 0 unspecified atom stereocenters. The predicted molar refractivity (Wildman–Crippen MR) is 79.0 cm³/mol. The van der Waals surface area contributed by atoms with E-state index in [0.29, 0.717) is 10.9 Å². The second-order valence-corrected chi connectivity index (χ2v) is 6.18. The first kappa shape index (κ1) is 14.1. The Bertz CT molecular complexity index is 459. The summed E-state index contributed by atoms with van der Waals surface area (Å²) in [6.45, 7) is 2.26. The lowest BCUT2D eigenvalue weighted by atomic mass is 10.1. The van der Waals surface area contributed by atoms with Gasteiger partial charge in [0, 0.05) is 23.3 Å². The number of nitro groups is 1. The normalized spacial score (nSPS) is 17.4. The zero-order chi connectivity index (χ0) is 13.8. The number of nitro benzene ring substituents is 1. The van der Waals surface area contributed by atoms with E-state index < -0.39 is 0 Å². The van der Waals surface area contributed by atoms with E-state index in [0.717, 1.165) is 18.0 Å². The van der Waals surface area contributed by atoms with Crippen molar-refractivity contribution in [2.45, 2.75) is 23.0 Å². The third-order valence-electron chi connectivity index (χ3n) is 3.40. The van der Waals surface area contributed by atoms with E-state index in [4.69, 9.17) is 0 Å². The van der Waals surface area contributed by atoms with Crippen LogP contribution in [-0.2, 0) is 0 Å². The van der Waals surface area contributed by atoms with Gasteiger partial charge in [-0.05, 0) is 45.1 Å². The van der Waals surface area contributed by atoms with Crippen LogP contribution < -0.4 is 5.32 Å². The molecular weight excluding hydrogens is 262 g/mol. The third kappa shape index (κ3) is 3.61. The summed E-state index contributed by atoms with van der Waals surface area (Å²) in [5, 5.41) is 14.4. The van der Waals surface area contributed by atoms with Gasteiger partial charge in [-0.2, -0.15) is 0 Å². The minimum absolute atomic E-state index is 0.134. The van der Waals surface area contributed by atoms with Crippen molar-refractivity contribution in [3.05, 3.63) is 28.3 Å². The average Bonchev–Trinajstić information content (AvgIpc) is 2.41. The number of rotatable bonds is 4. The lowest BCUT2D eigenvalue weighted by molar-refractivity contribution is -0.384. The Morgan fingerprint density at radius 1 is 1.42 bits per heavy atom. The van der Waals surface area contributed by atoms with E-state index in [2.05, 4.69) is 17.3 Å². The van der Waals surface area contributed by atoms with Crippen molar-refractivity contribution >= 4 is 23.1 Å². The van der Waals surface area contributed by atoms with Gasteiger partial charge in [-0.1, -0.05) is 0 Å². The number of nitrogens with one attached hydrogen (secondary N) is 1. The highest BCUT2D eigenvalue weighted by molar-refractivity contribution is 8.00. The van der Waals surface area contributed by atoms with E-state index in [1.807, 2.05) is 23.9 Å². The molecule has 0 aliphatic carbocycles. The van der Waals surface area contributed by atoms with Gasteiger partial charge >= 0.3 is 0 Å². The summed E-state index contributed by atoms with van der Waals surface area (Å²) in [4.78, 5) is 14.0. The minimum atomic E-state index is -0.351. The van der Waals surface area contributed by atoms with Crippen LogP contribution in [0.5, 0.6) is 0 Å². The quantitative estimate of drug-likeness (QED) is 0.679. The molecule has 1 aliphatic heterocycles. The van der Waals surface area contributed by atoms with E-state index in [9.17, 15) is 10.1 Å². The fourth-order valence-corrected chi connectivity index (χ4v) is 3.41. The molecule has 2 rings (SSSR count). The molecule has 0 aromatic heterocycles. The Hall–Kier alpha value is -1.27. The van der Waals surface area contributed by atoms with Gasteiger partial charge in [0.15, 0.2) is 0 Å². The number of nitrogens with zero attached hydrogens (tertiary/aromatic N) is 2. The number of hydrogen-bond donors (Lipinski definition) is 1. The number of piperidine rings is 1. The van der Waals surface area contributed by atoms with E-state index >= 15 is 0 Å². The van der Waals surface area contributed by atoms with Gasteiger partial charge in [0.25, 0.3) is 5.69 Å². The van der Waals surface area contributed by atoms with Crippen molar-refractivity contribution in [2.24, 2.45) is 0 Å². The van der Waals surface area contributed by atoms with Crippen molar-refractivity contribution in [1.82, 2.24) is 4.90 Å². The summed E-state index contributed by atoms with van der Waals surface area (Å²) in [5.74, 6) is 0. The van der Waals surface area contributed by atoms with Crippen LogP contribution in [0.25, 0.3) is 0 Å². The molecule has 1 saturated heterocycles. The molecule has 0 spiro atoms. The lowest BCUT2D eigenvalue weighted by Gasteiger charge is -2.28. The second kappa shape index (κ2) is 6.25. The summed E-state index contributed by atoms with van der Waals surface area (Å²) in [7, 11) is 3.86. The molecule has 0 radical (unpaired) electrons. The Morgan fingerprint density at radius 2 is 2.11 bits per heavy atom. The number of anilines is 1. The first-order chi connectivity index (χ1) is 9.10. The summed E-state index contributed by atoms with van der Waals surface area (Å²) >= 11 is 1.83. The standard InChI is InChI=1S/C13H19N3O2S/c1-14-12-9-11(3-4-13(12)16(17)18)19-10-5-7-15(2)8-6-10/h3-4,9-10,14H,5-8H2,1-2H3. The van der Waals surface area contributed by atoms with Crippen LogP contribution in [0.3, 0.4) is 0 Å². The fraction of sp³-hybridized carbons (Fsp3) is 0.538. The number of hydrogen-bond acceptors (Lipinski definition) is 5. The fourth-order valence-electron chi connectivity index (χ4n) is 2.24. The number of thioether (sulfide) groups is 1. The summed E-state index contributed by atoms with van der Waals surface area (Å²) in [6.07, 6.45) is 2.35. The van der Waals surface area contributed by atoms with Gasteiger partial charge in [0.05, 0.1) is 4.92 Å². The van der Waals surface area contributed by atoms with Crippen LogP contribution in [0.2, 0.25) is 0 Å². The van der Waals surface area contributed by atoms with Crippen molar-refractivity contribution < 1.29 is 4.92 Å². The maximum absolute atomic E-state index is 10.9. The number of likely N-dealkylation sites (tertiary alicyclic amines) is 1. The highest BCUT2D eigenvalue weighted by Crippen LogP contribution is 2.34. The summed E-state index contributed by atoms with van der Waals surface area (Å²) in [5.41, 5.74) is 0.721. The zero-order valence-electron chi connectivity index (χ0n) is 11.3. The zero-order valence-corrected chi connectivity index (χ0v) is 12.1. The van der Waals surface area contributed by atoms with Gasteiger partial charge in [-0.25, -0.2) is 0 Å². The first-order valence-electron chi connectivity index (χ1n) is 6.41. The van der Waals surface area contributed by atoms with Crippen LogP contribution in [-0.4, -0.2) is 42.3 Å². The van der Waals surface area contributed by atoms with Crippen LogP contribution in [0.1, 0.15) is 12.8 Å². The summed E-state index contributed by atoms with van der Waals surface area (Å²) < 4.78 is 0. The molecule has 1 N–H and O–H groups in total. The second-order valence-electron chi connectivity index (χ2n) is 4.81. The van der Waals surface area contributed by atoms with Gasteiger partial charge in [-0.15, -0.1) is 11.8 Å². The number of benzene rings is 1. The molecule has 6 heteroatoms. The van der Waals surface area contributed by atoms with E-state index in [1.54, 1.807) is 13.1 Å². The van der Waals surface area contributed by atoms with Crippen molar-refractivity contribution in [3.63, 3.8) is 0 Å². The molecule has 0 saturated carbocycles. The largest absolute Gasteiger partial charge is 0.383 e. The maximum atomic E-state index is 10.9. The average molecular weight is 281 g/mol. The highest BCUT2D eigenvalue weighted by atomic mass is 32.2. The van der Waals surface area contributed by atoms with E-state index in [-0.39, 0.29) is 10.6 Å². The van der Waals surface area contributed by atoms with Crippen molar-refractivity contribution in [3.8, 4) is 0 Å². The van der Waals surface area contributed by atoms with Gasteiger partial charge in [0.2, 0.25) is 0 Å². The molecule has 19 heavy (non-hydrogen) atoms. The summed E-state index contributed by atoms with van der Waals surface area (Å²) in [6, 6.07) is 5.31. The molecule has 0 bridgehead atoms. The van der Waals surface area contributed by atoms with Crippen LogP contribution >= 0.6 is 11.8 Å². The van der Waals surface area contributed by atoms with Crippen LogP contribution in [0, 0.1) is 10.1 Å².